The van der Waals surface area contributed by atoms with Gasteiger partial charge in [-0.25, -0.2) is 4.79 Å². The highest BCUT2D eigenvalue weighted by atomic mass is 16.6. The Bertz CT molecular complexity index is 828. The zero-order chi connectivity index (χ0) is 25.5. The molecule has 1 aromatic carbocycles. The van der Waals surface area contributed by atoms with E-state index in [0.29, 0.717) is 12.0 Å². The lowest BCUT2D eigenvalue weighted by Crippen LogP contribution is -2.54. The normalized spacial score (nSPS) is 17.2. The van der Waals surface area contributed by atoms with E-state index in [9.17, 15) is 19.5 Å². The molecule has 34 heavy (non-hydrogen) atoms. The SMILES string of the molecule is CCC(C)C(NC(=O)OC(C)(C)C)C(=O)N(C)C(C(=O)NC1CCCCC1)c1ccc(O)cc1. The molecule has 1 aliphatic rings. The van der Waals surface area contributed by atoms with Crippen molar-refractivity contribution in [1.29, 1.82) is 0 Å². The van der Waals surface area contributed by atoms with Gasteiger partial charge in [0.1, 0.15) is 23.4 Å². The van der Waals surface area contributed by atoms with Crippen molar-refractivity contribution in [3.63, 3.8) is 0 Å². The van der Waals surface area contributed by atoms with Crippen LogP contribution in [0.1, 0.15) is 84.7 Å². The second kappa shape index (κ2) is 12.1. The number of carbonyl (C=O) groups excluding carboxylic acids is 3. The van der Waals surface area contributed by atoms with Crippen molar-refractivity contribution in [2.75, 3.05) is 7.05 Å². The molecule has 1 fully saturated rings. The van der Waals surface area contributed by atoms with Crippen LogP contribution in [-0.4, -0.2) is 52.6 Å². The number of nitrogens with one attached hydrogen (secondary N) is 2. The van der Waals surface area contributed by atoms with Crippen molar-refractivity contribution in [2.24, 2.45) is 5.92 Å². The Morgan fingerprint density at radius 2 is 1.71 bits per heavy atom. The van der Waals surface area contributed by atoms with Crippen molar-refractivity contribution in [3.8, 4) is 5.75 Å². The van der Waals surface area contributed by atoms with Gasteiger partial charge in [-0.3, -0.25) is 9.59 Å². The molecular weight excluding hydrogens is 434 g/mol. The quantitative estimate of drug-likeness (QED) is 0.520. The Labute approximate surface area is 203 Å². The van der Waals surface area contributed by atoms with Crippen molar-refractivity contribution in [3.05, 3.63) is 29.8 Å². The number of amides is 3. The molecule has 2 rings (SSSR count). The van der Waals surface area contributed by atoms with E-state index in [-0.39, 0.29) is 29.5 Å². The molecule has 0 radical (unpaired) electrons. The monoisotopic (exact) mass is 475 g/mol. The molecule has 0 spiro atoms. The number of carbonyl (C=O) groups is 3. The molecule has 1 aromatic rings. The Balaban J connectivity index is 2.30. The van der Waals surface area contributed by atoms with E-state index in [4.69, 9.17) is 4.74 Å². The van der Waals surface area contributed by atoms with Gasteiger partial charge in [-0.05, 0) is 57.2 Å². The molecule has 3 unspecified atom stereocenters. The number of hydrogen-bond donors (Lipinski definition) is 3. The Morgan fingerprint density at radius 1 is 1.12 bits per heavy atom. The third-order valence-electron chi connectivity index (χ3n) is 6.29. The summed E-state index contributed by atoms with van der Waals surface area (Å²) in [6, 6.07) is 4.61. The number of ether oxygens (including phenoxy) is 1. The molecule has 0 heterocycles. The summed E-state index contributed by atoms with van der Waals surface area (Å²) >= 11 is 0. The third kappa shape index (κ3) is 7.92. The smallest absolute Gasteiger partial charge is 0.408 e. The lowest BCUT2D eigenvalue weighted by molar-refractivity contribution is -0.142. The van der Waals surface area contributed by atoms with Gasteiger partial charge >= 0.3 is 6.09 Å². The van der Waals surface area contributed by atoms with Crippen LogP contribution in [0.2, 0.25) is 0 Å². The molecular formula is C26H41N3O5. The maximum Gasteiger partial charge on any atom is 0.408 e. The number of alkyl carbamates (subject to hydrolysis) is 1. The molecule has 3 amide bonds. The van der Waals surface area contributed by atoms with E-state index in [1.165, 1.54) is 23.5 Å². The van der Waals surface area contributed by atoms with Gasteiger partial charge < -0.3 is 25.4 Å². The molecule has 3 N–H and O–H groups in total. The first kappa shape index (κ1) is 27.5. The lowest BCUT2D eigenvalue weighted by Gasteiger charge is -2.34. The van der Waals surface area contributed by atoms with Crippen LogP contribution >= 0.6 is 0 Å². The van der Waals surface area contributed by atoms with Crippen LogP contribution in [0.15, 0.2) is 24.3 Å². The predicted octanol–water partition coefficient (Wildman–Crippen LogP) is 4.28. The van der Waals surface area contributed by atoms with Gasteiger partial charge in [0, 0.05) is 13.1 Å². The van der Waals surface area contributed by atoms with Crippen LogP contribution in [0.3, 0.4) is 0 Å². The number of phenols is 1. The van der Waals surface area contributed by atoms with E-state index in [2.05, 4.69) is 10.6 Å². The summed E-state index contributed by atoms with van der Waals surface area (Å²) in [5.74, 6) is -0.747. The predicted molar refractivity (Wildman–Crippen MR) is 131 cm³/mol. The maximum atomic E-state index is 13.6. The highest BCUT2D eigenvalue weighted by Gasteiger charge is 2.36. The zero-order valence-corrected chi connectivity index (χ0v) is 21.4. The summed E-state index contributed by atoms with van der Waals surface area (Å²) in [5, 5.41) is 15.6. The molecule has 3 atom stereocenters. The second-order valence-electron chi connectivity index (χ2n) is 10.3. The Morgan fingerprint density at radius 3 is 2.24 bits per heavy atom. The topological polar surface area (TPSA) is 108 Å². The number of nitrogens with zero attached hydrogens (tertiary/aromatic N) is 1. The standard InChI is InChI=1S/C26H41N3O5/c1-7-17(2)21(28-25(33)34-26(3,4)5)24(32)29(6)22(18-13-15-20(30)16-14-18)23(31)27-19-11-9-8-10-12-19/h13-17,19,21-22,30H,7-12H2,1-6H3,(H,27,31)(H,28,33). The highest BCUT2D eigenvalue weighted by Crippen LogP contribution is 2.26. The van der Waals surface area contributed by atoms with E-state index < -0.39 is 23.8 Å². The average Bonchev–Trinajstić information content (AvgIpc) is 2.77. The lowest BCUT2D eigenvalue weighted by atomic mass is 9.94. The van der Waals surface area contributed by atoms with E-state index in [1.807, 2.05) is 13.8 Å². The first-order valence-corrected chi connectivity index (χ1v) is 12.3. The molecule has 0 aromatic heterocycles. The molecule has 190 valence electrons. The summed E-state index contributed by atoms with van der Waals surface area (Å²) in [6.07, 6.45) is 5.12. The maximum absolute atomic E-state index is 13.6. The van der Waals surface area contributed by atoms with Crippen molar-refractivity contribution in [2.45, 2.75) is 96.9 Å². The fourth-order valence-electron chi connectivity index (χ4n) is 4.20. The van der Waals surface area contributed by atoms with Crippen molar-refractivity contribution < 1.29 is 24.2 Å². The number of rotatable bonds is 8. The molecule has 0 aliphatic heterocycles. The van der Waals surface area contributed by atoms with Crippen LogP contribution in [0.25, 0.3) is 0 Å². The van der Waals surface area contributed by atoms with Gasteiger partial charge in [-0.2, -0.15) is 0 Å². The van der Waals surface area contributed by atoms with Crippen molar-refractivity contribution >= 4 is 17.9 Å². The molecule has 0 bridgehead atoms. The molecule has 8 heteroatoms. The summed E-state index contributed by atoms with van der Waals surface area (Å²) in [5.41, 5.74) is -0.116. The summed E-state index contributed by atoms with van der Waals surface area (Å²) in [7, 11) is 1.58. The fraction of sp³-hybridized carbons (Fsp3) is 0.654. The van der Waals surface area contributed by atoms with Gasteiger partial charge in [-0.15, -0.1) is 0 Å². The fourth-order valence-corrected chi connectivity index (χ4v) is 4.20. The van der Waals surface area contributed by atoms with Gasteiger partial charge in [0.25, 0.3) is 0 Å². The van der Waals surface area contributed by atoms with Crippen molar-refractivity contribution in [1.82, 2.24) is 15.5 Å². The van der Waals surface area contributed by atoms with Crippen LogP contribution in [0.5, 0.6) is 5.75 Å². The summed E-state index contributed by atoms with van der Waals surface area (Å²) < 4.78 is 5.37. The van der Waals surface area contributed by atoms with E-state index in [0.717, 1.165) is 25.7 Å². The highest BCUT2D eigenvalue weighted by molar-refractivity contribution is 5.92. The van der Waals surface area contributed by atoms with Crippen LogP contribution in [-0.2, 0) is 14.3 Å². The molecule has 0 saturated heterocycles. The van der Waals surface area contributed by atoms with E-state index >= 15 is 0 Å². The number of phenolic OH excluding ortho intramolecular Hbond substituents is 1. The van der Waals surface area contributed by atoms with Crippen LogP contribution < -0.4 is 10.6 Å². The van der Waals surface area contributed by atoms with Gasteiger partial charge in [0.05, 0.1) is 0 Å². The number of hydrogen-bond acceptors (Lipinski definition) is 5. The summed E-state index contributed by atoms with van der Waals surface area (Å²) in [4.78, 5) is 41.0. The third-order valence-corrected chi connectivity index (χ3v) is 6.29. The second-order valence-corrected chi connectivity index (χ2v) is 10.3. The Hall–Kier alpha value is -2.77. The molecule has 8 nitrogen and oxygen atoms in total. The number of aromatic hydroxyl groups is 1. The van der Waals surface area contributed by atoms with Gasteiger partial charge in [0.15, 0.2) is 0 Å². The summed E-state index contributed by atoms with van der Waals surface area (Å²) in [6.45, 7) is 9.10. The largest absolute Gasteiger partial charge is 0.508 e. The molecule has 1 aliphatic carbocycles. The van der Waals surface area contributed by atoms with Gasteiger partial charge in [-0.1, -0.05) is 51.7 Å². The number of likely N-dealkylation sites (N-methyl/N-ethyl adjacent to an activating group) is 1. The minimum Gasteiger partial charge on any atom is -0.508 e. The van der Waals surface area contributed by atoms with E-state index in [1.54, 1.807) is 40.0 Å². The number of benzene rings is 1. The van der Waals surface area contributed by atoms with Gasteiger partial charge in [0.2, 0.25) is 11.8 Å². The zero-order valence-electron chi connectivity index (χ0n) is 21.4. The first-order chi connectivity index (χ1) is 15.9. The first-order valence-electron chi connectivity index (χ1n) is 12.3. The van der Waals surface area contributed by atoms with Crippen LogP contribution in [0, 0.1) is 5.92 Å². The average molecular weight is 476 g/mol. The van der Waals surface area contributed by atoms with Crippen LogP contribution in [0.4, 0.5) is 4.79 Å². The Kier molecular flexibility index (Phi) is 9.77. The minimum absolute atomic E-state index is 0.0771. The molecule has 1 saturated carbocycles. The minimum atomic E-state index is -0.901.